The van der Waals surface area contributed by atoms with Crippen LogP contribution >= 0.6 is 0 Å². The largest absolute Gasteiger partial charge is 0.369 e. The van der Waals surface area contributed by atoms with Gasteiger partial charge in [-0.2, -0.15) is 5.10 Å². The number of hydrogen-bond donors (Lipinski definition) is 1. The summed E-state index contributed by atoms with van der Waals surface area (Å²) in [5.74, 6) is 0.816. The second-order valence-electron chi connectivity index (χ2n) is 4.60. The van der Waals surface area contributed by atoms with Gasteiger partial charge < -0.3 is 5.32 Å². The number of rotatable bonds is 4. The molecule has 1 aromatic carbocycles. The Hall–Kier alpha value is -2.49. The monoisotopic (exact) mass is 264 g/mol. The Kier molecular flexibility index (Phi) is 3.54. The molecule has 4 heteroatoms. The zero-order valence-electron chi connectivity index (χ0n) is 11.4. The summed E-state index contributed by atoms with van der Waals surface area (Å²) in [5.41, 5.74) is 3.20. The maximum atomic E-state index is 4.38. The van der Waals surface area contributed by atoms with E-state index in [0.717, 1.165) is 30.0 Å². The average Bonchev–Trinajstić information content (AvgIpc) is 2.50. The van der Waals surface area contributed by atoms with E-state index in [9.17, 15) is 0 Å². The molecule has 0 fully saturated rings. The normalized spacial score (nSPS) is 10.7. The van der Waals surface area contributed by atoms with Crippen molar-refractivity contribution < 1.29 is 0 Å². The van der Waals surface area contributed by atoms with Crippen molar-refractivity contribution in [3.63, 3.8) is 0 Å². The van der Waals surface area contributed by atoms with Crippen LogP contribution < -0.4 is 5.32 Å². The van der Waals surface area contributed by atoms with Crippen LogP contribution in [-0.4, -0.2) is 21.7 Å². The lowest BCUT2D eigenvalue weighted by atomic mass is 10.0. The first-order valence-corrected chi connectivity index (χ1v) is 6.76. The van der Waals surface area contributed by atoms with Gasteiger partial charge in [-0.3, -0.25) is 4.98 Å². The van der Waals surface area contributed by atoms with Gasteiger partial charge in [0.1, 0.15) is 5.82 Å². The average molecular weight is 264 g/mol. The molecule has 2 aromatic heterocycles. The van der Waals surface area contributed by atoms with Crippen LogP contribution in [0.5, 0.6) is 0 Å². The summed E-state index contributed by atoms with van der Waals surface area (Å²) in [6.45, 7) is 2.89. The lowest BCUT2D eigenvalue weighted by molar-refractivity contribution is 0.934. The first-order chi connectivity index (χ1) is 9.86. The van der Waals surface area contributed by atoms with Crippen LogP contribution in [0.15, 0.2) is 48.7 Å². The number of nitrogens with zero attached hydrogens (tertiary/aromatic N) is 3. The molecule has 0 radical (unpaired) electrons. The van der Waals surface area contributed by atoms with Crippen molar-refractivity contribution in [3.05, 3.63) is 59.9 Å². The van der Waals surface area contributed by atoms with Crippen LogP contribution in [0.1, 0.15) is 18.2 Å². The molecule has 4 nitrogen and oxygen atoms in total. The van der Waals surface area contributed by atoms with Crippen LogP contribution in [0.2, 0.25) is 0 Å². The molecule has 0 amide bonds. The summed E-state index contributed by atoms with van der Waals surface area (Å²) >= 11 is 0. The molecule has 0 bridgehead atoms. The zero-order chi connectivity index (χ0) is 13.8. The van der Waals surface area contributed by atoms with Crippen molar-refractivity contribution in [2.45, 2.75) is 13.3 Å². The van der Waals surface area contributed by atoms with Gasteiger partial charge in [0.05, 0.1) is 11.2 Å². The molecule has 0 saturated heterocycles. The Labute approximate surface area is 117 Å². The van der Waals surface area contributed by atoms with Gasteiger partial charge in [0.2, 0.25) is 0 Å². The SMILES string of the molecule is CCNc1ccc(Cc2ccnc3ccccc23)nn1. The van der Waals surface area contributed by atoms with E-state index in [1.165, 1.54) is 10.9 Å². The van der Waals surface area contributed by atoms with E-state index >= 15 is 0 Å². The summed E-state index contributed by atoms with van der Waals surface area (Å²) in [5, 5.41) is 12.8. The number of para-hydroxylation sites is 1. The minimum Gasteiger partial charge on any atom is -0.369 e. The van der Waals surface area contributed by atoms with Crippen molar-refractivity contribution in [1.82, 2.24) is 15.2 Å². The summed E-state index contributed by atoms with van der Waals surface area (Å²) in [7, 11) is 0. The van der Waals surface area contributed by atoms with E-state index in [-0.39, 0.29) is 0 Å². The quantitative estimate of drug-likeness (QED) is 0.787. The molecule has 3 aromatic rings. The van der Waals surface area contributed by atoms with Crippen LogP contribution in [-0.2, 0) is 6.42 Å². The molecule has 100 valence electrons. The Balaban J connectivity index is 1.89. The summed E-state index contributed by atoms with van der Waals surface area (Å²) in [6.07, 6.45) is 2.61. The molecule has 0 saturated carbocycles. The van der Waals surface area contributed by atoms with Crippen molar-refractivity contribution in [3.8, 4) is 0 Å². The van der Waals surface area contributed by atoms with Crippen molar-refractivity contribution in [2.24, 2.45) is 0 Å². The first-order valence-electron chi connectivity index (χ1n) is 6.76. The standard InChI is InChI=1S/C16H16N4/c1-2-17-16-8-7-13(19-20-16)11-12-9-10-18-15-6-4-3-5-14(12)15/h3-10H,2,11H2,1H3,(H,17,20). The number of fused-ring (bicyclic) bond motifs is 1. The van der Waals surface area contributed by atoms with E-state index < -0.39 is 0 Å². The molecular weight excluding hydrogens is 248 g/mol. The highest BCUT2D eigenvalue weighted by molar-refractivity contribution is 5.82. The fourth-order valence-electron chi connectivity index (χ4n) is 2.23. The molecule has 3 rings (SSSR count). The van der Waals surface area contributed by atoms with Crippen molar-refractivity contribution >= 4 is 16.7 Å². The fourth-order valence-corrected chi connectivity index (χ4v) is 2.23. The Morgan fingerprint density at radius 2 is 1.90 bits per heavy atom. The third-order valence-corrected chi connectivity index (χ3v) is 3.19. The van der Waals surface area contributed by atoms with Gasteiger partial charge in [0.15, 0.2) is 0 Å². The topological polar surface area (TPSA) is 50.7 Å². The minimum absolute atomic E-state index is 0.766. The lowest BCUT2D eigenvalue weighted by Crippen LogP contribution is -2.02. The highest BCUT2D eigenvalue weighted by atomic mass is 15.2. The third kappa shape index (κ3) is 2.59. The van der Waals surface area contributed by atoms with E-state index in [0.29, 0.717) is 0 Å². The van der Waals surface area contributed by atoms with Crippen LogP contribution in [0, 0.1) is 0 Å². The van der Waals surface area contributed by atoms with E-state index in [2.05, 4.69) is 26.6 Å². The smallest absolute Gasteiger partial charge is 0.148 e. The number of nitrogens with one attached hydrogen (secondary N) is 1. The van der Waals surface area contributed by atoms with Gasteiger partial charge in [0.25, 0.3) is 0 Å². The molecule has 1 N–H and O–H groups in total. The predicted octanol–water partition coefficient (Wildman–Crippen LogP) is 3.05. The molecule has 0 atom stereocenters. The van der Waals surface area contributed by atoms with Crippen molar-refractivity contribution in [2.75, 3.05) is 11.9 Å². The minimum atomic E-state index is 0.766. The molecular formula is C16H16N4. The second kappa shape index (κ2) is 5.65. The van der Waals surface area contributed by atoms with Gasteiger partial charge in [-0.25, -0.2) is 0 Å². The van der Waals surface area contributed by atoms with Crippen LogP contribution in [0.4, 0.5) is 5.82 Å². The van der Waals surface area contributed by atoms with Gasteiger partial charge in [0, 0.05) is 24.5 Å². The maximum absolute atomic E-state index is 4.38. The van der Waals surface area contributed by atoms with Gasteiger partial charge >= 0.3 is 0 Å². The third-order valence-electron chi connectivity index (χ3n) is 3.19. The summed E-state index contributed by atoms with van der Waals surface area (Å²) in [4.78, 5) is 4.38. The van der Waals surface area contributed by atoms with Crippen LogP contribution in [0.25, 0.3) is 10.9 Å². The lowest BCUT2D eigenvalue weighted by Gasteiger charge is -2.06. The Bertz CT molecular complexity index is 702. The fraction of sp³-hybridized carbons (Fsp3) is 0.188. The van der Waals surface area contributed by atoms with Gasteiger partial charge in [-0.05, 0) is 36.8 Å². The molecule has 20 heavy (non-hydrogen) atoms. The first kappa shape index (κ1) is 12.5. The number of aromatic nitrogens is 3. The highest BCUT2D eigenvalue weighted by Crippen LogP contribution is 2.18. The second-order valence-corrected chi connectivity index (χ2v) is 4.60. The van der Waals surface area contributed by atoms with E-state index in [4.69, 9.17) is 0 Å². The predicted molar refractivity (Wildman–Crippen MR) is 80.7 cm³/mol. The zero-order valence-corrected chi connectivity index (χ0v) is 11.4. The molecule has 0 aliphatic heterocycles. The maximum Gasteiger partial charge on any atom is 0.148 e. The number of pyridine rings is 1. The van der Waals surface area contributed by atoms with Gasteiger partial charge in [-0.15, -0.1) is 5.10 Å². The number of hydrogen-bond acceptors (Lipinski definition) is 4. The van der Waals surface area contributed by atoms with Gasteiger partial charge in [-0.1, -0.05) is 18.2 Å². The molecule has 0 spiro atoms. The van der Waals surface area contributed by atoms with E-state index in [1.54, 1.807) is 0 Å². The summed E-state index contributed by atoms with van der Waals surface area (Å²) in [6, 6.07) is 14.2. The van der Waals surface area contributed by atoms with Crippen molar-refractivity contribution in [1.29, 1.82) is 0 Å². The van der Waals surface area contributed by atoms with Crippen LogP contribution in [0.3, 0.4) is 0 Å². The van der Waals surface area contributed by atoms with E-state index in [1.807, 2.05) is 49.5 Å². The molecule has 2 heterocycles. The molecule has 0 unspecified atom stereocenters. The number of anilines is 1. The molecule has 0 aliphatic carbocycles. The summed E-state index contributed by atoms with van der Waals surface area (Å²) < 4.78 is 0. The highest BCUT2D eigenvalue weighted by Gasteiger charge is 2.04. The Morgan fingerprint density at radius 1 is 1.00 bits per heavy atom. The number of benzene rings is 1. The molecule has 0 aliphatic rings. The Morgan fingerprint density at radius 3 is 2.70 bits per heavy atom.